The van der Waals surface area contributed by atoms with Crippen molar-refractivity contribution in [3.63, 3.8) is 0 Å². The van der Waals surface area contributed by atoms with Crippen LogP contribution in [0.4, 0.5) is 0 Å². The Morgan fingerprint density at radius 3 is 2.71 bits per heavy atom. The number of pyridine rings is 1. The predicted octanol–water partition coefficient (Wildman–Crippen LogP) is 1.41. The molecule has 0 bridgehead atoms. The molecule has 14 heavy (non-hydrogen) atoms. The van der Waals surface area contributed by atoms with E-state index >= 15 is 0 Å². The lowest BCUT2D eigenvalue weighted by Crippen LogP contribution is -1.90. The fourth-order valence-electron chi connectivity index (χ4n) is 1.07. The van der Waals surface area contributed by atoms with Gasteiger partial charge in [-0.05, 0) is 12.1 Å². The summed E-state index contributed by atoms with van der Waals surface area (Å²) in [5.41, 5.74) is 1.75. The van der Waals surface area contributed by atoms with Crippen LogP contribution in [-0.2, 0) is 0 Å². The molecule has 0 aromatic carbocycles. The highest BCUT2D eigenvalue weighted by Crippen LogP contribution is 2.12. The molecule has 2 aromatic rings. The first-order valence-electron chi connectivity index (χ1n) is 4.04. The van der Waals surface area contributed by atoms with Crippen molar-refractivity contribution in [1.82, 2.24) is 15.0 Å². The van der Waals surface area contributed by atoms with Gasteiger partial charge >= 0.3 is 0 Å². The molecule has 2 aromatic heterocycles. The Hall–Kier alpha value is -2.28. The van der Waals surface area contributed by atoms with Crippen LogP contribution in [-0.4, -0.2) is 15.0 Å². The zero-order chi connectivity index (χ0) is 9.80. The molecule has 2 heterocycles. The molecule has 0 saturated heterocycles. The summed E-state index contributed by atoms with van der Waals surface area (Å²) in [7, 11) is 0. The minimum Gasteiger partial charge on any atom is -0.255 e. The van der Waals surface area contributed by atoms with E-state index in [0.29, 0.717) is 11.4 Å². The maximum absolute atomic E-state index is 8.65. The summed E-state index contributed by atoms with van der Waals surface area (Å²) in [6.45, 7) is 0. The first-order valence-corrected chi connectivity index (χ1v) is 4.04. The molecule has 0 aliphatic heterocycles. The highest BCUT2D eigenvalue weighted by atomic mass is 14.9. The summed E-state index contributed by atoms with van der Waals surface area (Å²) < 4.78 is 0. The lowest BCUT2D eigenvalue weighted by Gasteiger charge is -1.97. The lowest BCUT2D eigenvalue weighted by atomic mass is 10.2. The van der Waals surface area contributed by atoms with Crippen molar-refractivity contribution in [2.45, 2.75) is 0 Å². The summed E-state index contributed by atoms with van der Waals surface area (Å²) in [5.74, 6) is 0. The minimum absolute atomic E-state index is 0.348. The van der Waals surface area contributed by atoms with E-state index < -0.39 is 0 Å². The van der Waals surface area contributed by atoms with E-state index in [2.05, 4.69) is 15.0 Å². The Bertz CT molecular complexity index is 473. The van der Waals surface area contributed by atoms with Gasteiger partial charge in [-0.1, -0.05) is 6.07 Å². The van der Waals surface area contributed by atoms with Gasteiger partial charge in [0, 0.05) is 12.3 Å². The average Bonchev–Trinajstić information content (AvgIpc) is 2.30. The van der Waals surface area contributed by atoms with E-state index in [-0.39, 0.29) is 0 Å². The van der Waals surface area contributed by atoms with Crippen LogP contribution in [0, 0.1) is 11.3 Å². The van der Waals surface area contributed by atoms with Gasteiger partial charge in [0.2, 0.25) is 0 Å². The monoisotopic (exact) mass is 182 g/mol. The van der Waals surface area contributed by atoms with Gasteiger partial charge in [0.05, 0.1) is 11.4 Å². The van der Waals surface area contributed by atoms with Crippen LogP contribution in [0.2, 0.25) is 0 Å². The van der Waals surface area contributed by atoms with Crippen molar-refractivity contribution in [2.75, 3.05) is 0 Å². The van der Waals surface area contributed by atoms with Crippen molar-refractivity contribution >= 4 is 0 Å². The molecule has 0 spiro atoms. The summed E-state index contributed by atoms with van der Waals surface area (Å²) in [4.78, 5) is 11.9. The molecule has 0 unspecified atom stereocenters. The van der Waals surface area contributed by atoms with Crippen LogP contribution in [0.15, 0.2) is 36.8 Å². The Labute approximate surface area is 80.9 Å². The Morgan fingerprint density at radius 1 is 1.07 bits per heavy atom. The van der Waals surface area contributed by atoms with E-state index in [1.807, 2.05) is 24.3 Å². The van der Waals surface area contributed by atoms with Crippen LogP contribution in [0.1, 0.15) is 5.69 Å². The zero-order valence-electron chi connectivity index (χ0n) is 7.25. The van der Waals surface area contributed by atoms with E-state index in [0.717, 1.165) is 5.69 Å². The molecule has 4 heteroatoms. The lowest BCUT2D eigenvalue weighted by molar-refractivity contribution is 1.13. The molecule has 0 saturated carbocycles. The molecule has 0 radical (unpaired) electrons. The Morgan fingerprint density at radius 2 is 2.00 bits per heavy atom. The molecule has 66 valence electrons. The molecule has 4 nitrogen and oxygen atoms in total. The second kappa shape index (κ2) is 3.62. The van der Waals surface area contributed by atoms with Crippen LogP contribution in [0.3, 0.4) is 0 Å². The van der Waals surface area contributed by atoms with Gasteiger partial charge in [0.25, 0.3) is 0 Å². The summed E-state index contributed by atoms with van der Waals surface area (Å²) in [5, 5.41) is 8.65. The molecule has 0 N–H and O–H groups in total. The van der Waals surface area contributed by atoms with Crippen LogP contribution < -0.4 is 0 Å². The van der Waals surface area contributed by atoms with Crippen molar-refractivity contribution in [3.8, 4) is 17.5 Å². The fraction of sp³-hybridized carbons (Fsp3) is 0. The topological polar surface area (TPSA) is 62.5 Å². The van der Waals surface area contributed by atoms with E-state index in [4.69, 9.17) is 5.26 Å². The molecule has 0 aliphatic carbocycles. The number of hydrogen-bond donors (Lipinski definition) is 0. The van der Waals surface area contributed by atoms with Crippen LogP contribution in [0.5, 0.6) is 0 Å². The summed E-state index contributed by atoms with van der Waals surface area (Å²) in [6.07, 6.45) is 3.05. The third-order valence-corrected chi connectivity index (χ3v) is 1.71. The minimum atomic E-state index is 0.348. The standard InChI is InChI=1S/C10H6N4/c11-6-8-5-10(14-7-13-8)9-3-1-2-4-12-9/h1-5,7H. The van der Waals surface area contributed by atoms with Crippen LogP contribution in [0.25, 0.3) is 11.4 Å². The zero-order valence-corrected chi connectivity index (χ0v) is 7.25. The van der Waals surface area contributed by atoms with Gasteiger partial charge in [-0.15, -0.1) is 0 Å². The van der Waals surface area contributed by atoms with Crippen molar-refractivity contribution in [1.29, 1.82) is 5.26 Å². The smallest absolute Gasteiger partial charge is 0.144 e. The number of aromatic nitrogens is 3. The third-order valence-electron chi connectivity index (χ3n) is 1.71. The van der Waals surface area contributed by atoms with Gasteiger partial charge < -0.3 is 0 Å². The largest absolute Gasteiger partial charge is 0.255 e. The molecule has 2 rings (SSSR count). The van der Waals surface area contributed by atoms with Crippen molar-refractivity contribution in [2.24, 2.45) is 0 Å². The van der Waals surface area contributed by atoms with Gasteiger partial charge in [-0.25, -0.2) is 9.97 Å². The van der Waals surface area contributed by atoms with Crippen molar-refractivity contribution in [3.05, 3.63) is 42.5 Å². The van der Waals surface area contributed by atoms with Gasteiger partial charge in [0.15, 0.2) is 0 Å². The summed E-state index contributed by atoms with van der Waals surface area (Å²) in [6, 6.07) is 9.11. The fourth-order valence-corrected chi connectivity index (χ4v) is 1.07. The summed E-state index contributed by atoms with van der Waals surface area (Å²) >= 11 is 0. The van der Waals surface area contributed by atoms with Crippen LogP contribution >= 0.6 is 0 Å². The number of nitrogens with zero attached hydrogens (tertiary/aromatic N) is 4. The first-order chi connectivity index (χ1) is 6.90. The molecule has 0 fully saturated rings. The maximum Gasteiger partial charge on any atom is 0.144 e. The van der Waals surface area contributed by atoms with Gasteiger partial charge in [0.1, 0.15) is 18.1 Å². The second-order valence-electron chi connectivity index (χ2n) is 2.62. The van der Waals surface area contributed by atoms with E-state index in [1.54, 1.807) is 12.3 Å². The van der Waals surface area contributed by atoms with E-state index in [1.165, 1.54) is 6.33 Å². The highest BCUT2D eigenvalue weighted by Gasteiger charge is 2.00. The Balaban J connectivity index is 2.49. The SMILES string of the molecule is N#Cc1cc(-c2ccccn2)ncn1. The van der Waals surface area contributed by atoms with Crippen molar-refractivity contribution < 1.29 is 0 Å². The molecule has 0 amide bonds. The second-order valence-corrected chi connectivity index (χ2v) is 2.62. The third kappa shape index (κ3) is 1.57. The number of rotatable bonds is 1. The molecule has 0 atom stereocenters. The van der Waals surface area contributed by atoms with E-state index in [9.17, 15) is 0 Å². The molecular formula is C10H6N4. The quantitative estimate of drug-likeness (QED) is 0.668. The average molecular weight is 182 g/mol. The first kappa shape index (κ1) is 8.32. The molecule has 0 aliphatic rings. The number of hydrogen-bond acceptors (Lipinski definition) is 4. The van der Waals surface area contributed by atoms with Gasteiger partial charge in [-0.2, -0.15) is 5.26 Å². The van der Waals surface area contributed by atoms with Gasteiger partial charge in [-0.3, -0.25) is 4.98 Å². The highest BCUT2D eigenvalue weighted by molar-refractivity contribution is 5.54. The Kier molecular flexibility index (Phi) is 2.15. The predicted molar refractivity (Wildman–Crippen MR) is 50.0 cm³/mol. The normalized spacial score (nSPS) is 9.36. The molecular weight excluding hydrogens is 176 g/mol. The maximum atomic E-state index is 8.65. The number of nitriles is 1.